The van der Waals surface area contributed by atoms with Crippen molar-refractivity contribution in [1.29, 1.82) is 0 Å². The average molecular weight is 319 g/mol. The molecule has 13 heavy (non-hydrogen) atoms. The highest BCUT2D eigenvalue weighted by atomic mass is 127. The van der Waals surface area contributed by atoms with E-state index in [1.165, 1.54) is 6.26 Å². The molecule has 0 aromatic heterocycles. The number of amides is 1. The van der Waals surface area contributed by atoms with E-state index >= 15 is 0 Å². The van der Waals surface area contributed by atoms with Crippen LogP contribution >= 0.6 is 21.2 Å². The molecule has 1 rings (SSSR count). The molecule has 0 aromatic rings. The average Bonchev–Trinajstić information content (AvgIpc) is 2.03. The van der Waals surface area contributed by atoms with E-state index in [0.717, 1.165) is 0 Å². The Morgan fingerprint density at radius 3 is 2.38 bits per heavy atom. The lowest BCUT2D eigenvalue weighted by atomic mass is 10.1. The molecule has 0 unspecified atom stereocenters. The minimum atomic E-state index is -2.67. The zero-order valence-corrected chi connectivity index (χ0v) is 10.5. The van der Waals surface area contributed by atoms with Crippen LogP contribution in [-0.4, -0.2) is 44.9 Å². The Labute approximate surface area is 90.7 Å². The van der Waals surface area contributed by atoms with E-state index in [9.17, 15) is 14.1 Å². The summed E-state index contributed by atoms with van der Waals surface area (Å²) in [5.74, 6) is 0. The maximum atomic E-state index is 11.5. The Hall–Kier alpha value is 0.310. The first-order chi connectivity index (χ1) is 5.91. The third kappa shape index (κ3) is 3.17. The van der Waals surface area contributed by atoms with Gasteiger partial charge in [-0.15, -0.1) is 0 Å². The van der Waals surface area contributed by atoms with Crippen LogP contribution in [0.5, 0.6) is 0 Å². The van der Waals surface area contributed by atoms with Crippen LogP contribution in [0.4, 0.5) is 4.79 Å². The maximum absolute atomic E-state index is 11.5. The Kier molecular flexibility index (Phi) is 3.70. The molecule has 0 saturated carbocycles. The molecule has 1 heterocycles. The van der Waals surface area contributed by atoms with Gasteiger partial charge in [-0.05, 0) is 12.8 Å². The van der Waals surface area contributed by atoms with Crippen LogP contribution in [0.15, 0.2) is 0 Å². The lowest BCUT2D eigenvalue weighted by Gasteiger charge is -2.31. The zero-order chi connectivity index (χ0) is 10.1. The Bertz CT molecular complexity index is 244. The van der Waals surface area contributed by atoms with E-state index in [2.05, 4.69) is 0 Å². The van der Waals surface area contributed by atoms with Gasteiger partial charge in [0.15, 0.2) is 0 Å². The van der Waals surface area contributed by atoms with E-state index < -0.39 is 7.10 Å². The number of hydrogen-bond donors (Lipinski definition) is 2. The van der Waals surface area contributed by atoms with Gasteiger partial charge >= 0.3 is 0 Å². The third-order valence-corrected chi connectivity index (χ3v) is 4.28. The fourth-order valence-corrected chi connectivity index (χ4v) is 2.93. The van der Waals surface area contributed by atoms with Gasteiger partial charge in [-0.25, -0.2) is 0 Å². The highest BCUT2D eigenvalue weighted by molar-refractivity contribution is 14.2. The first-order valence-electron chi connectivity index (χ1n) is 4.16. The lowest BCUT2D eigenvalue weighted by Crippen LogP contribution is -2.42. The van der Waals surface area contributed by atoms with Gasteiger partial charge in [-0.3, -0.25) is 9.00 Å². The van der Waals surface area contributed by atoms with Crippen molar-refractivity contribution in [1.82, 2.24) is 4.90 Å². The number of aliphatic hydroxyl groups excluding tert-OH is 1. The molecule has 0 bridgehead atoms. The van der Waals surface area contributed by atoms with Crippen LogP contribution in [0.25, 0.3) is 0 Å². The number of carbonyl (C=O) groups is 1. The summed E-state index contributed by atoms with van der Waals surface area (Å²) in [6.07, 6.45) is 2.38. The Morgan fingerprint density at radius 1 is 1.54 bits per heavy atom. The normalized spacial score (nSPS) is 21.6. The van der Waals surface area contributed by atoms with Crippen molar-refractivity contribution in [3.63, 3.8) is 0 Å². The SMILES string of the molecule is C[SH](=O)(I)C(=O)N1CCC(O)CC1. The van der Waals surface area contributed by atoms with Gasteiger partial charge in [0.1, 0.15) is 0 Å². The van der Waals surface area contributed by atoms with Crippen LogP contribution in [0.3, 0.4) is 0 Å². The van der Waals surface area contributed by atoms with Crippen molar-refractivity contribution in [3.05, 3.63) is 0 Å². The highest BCUT2D eigenvalue weighted by Gasteiger charge is 2.26. The summed E-state index contributed by atoms with van der Waals surface area (Å²) in [4.78, 5) is 13.1. The number of piperidine rings is 1. The van der Waals surface area contributed by atoms with E-state index in [0.29, 0.717) is 25.9 Å². The summed E-state index contributed by atoms with van der Waals surface area (Å²) >= 11 is 1.71. The summed E-state index contributed by atoms with van der Waals surface area (Å²) in [5, 5.41) is 8.94. The van der Waals surface area contributed by atoms with Gasteiger partial charge in [0, 0.05) is 47.7 Å². The highest BCUT2D eigenvalue weighted by Crippen LogP contribution is 2.19. The number of rotatable bonds is 0. The number of halogens is 1. The minimum absolute atomic E-state index is 0.264. The first kappa shape index (κ1) is 11.4. The van der Waals surface area contributed by atoms with Crippen LogP contribution in [0.2, 0.25) is 0 Å². The molecular weight excluding hydrogens is 305 g/mol. The third-order valence-electron chi connectivity index (χ3n) is 2.08. The Balaban J connectivity index is 2.55. The van der Waals surface area contributed by atoms with Gasteiger partial charge in [-0.2, -0.15) is 0 Å². The molecule has 0 spiro atoms. The van der Waals surface area contributed by atoms with Crippen molar-refractivity contribution in [2.75, 3.05) is 19.3 Å². The second-order valence-corrected chi connectivity index (χ2v) is 10.9. The summed E-state index contributed by atoms with van der Waals surface area (Å²) in [6, 6.07) is 0. The number of thiol groups is 1. The molecule has 1 saturated heterocycles. The summed E-state index contributed by atoms with van der Waals surface area (Å²) in [6.45, 7) is 1.06. The number of nitrogens with zero attached hydrogens (tertiary/aromatic N) is 1. The van der Waals surface area contributed by atoms with Crippen molar-refractivity contribution in [2.45, 2.75) is 18.9 Å². The van der Waals surface area contributed by atoms with Gasteiger partial charge in [0.2, 0.25) is 0 Å². The molecule has 1 amide bonds. The molecule has 1 aliphatic heterocycles. The molecule has 0 atom stereocenters. The smallest absolute Gasteiger partial charge is 0.296 e. The number of hydrogen-bond acceptors (Lipinski definition) is 3. The fraction of sp³-hybridized carbons (Fsp3) is 0.857. The second kappa shape index (κ2) is 4.22. The quantitative estimate of drug-likeness (QED) is 0.390. The molecule has 4 nitrogen and oxygen atoms in total. The number of likely N-dealkylation sites (tertiary alicyclic amines) is 1. The molecule has 6 heteroatoms. The van der Waals surface area contributed by atoms with Crippen LogP contribution in [0.1, 0.15) is 12.8 Å². The second-order valence-electron chi connectivity index (χ2n) is 3.32. The van der Waals surface area contributed by atoms with Crippen LogP contribution in [0, 0.1) is 0 Å². The topological polar surface area (TPSA) is 57.6 Å². The van der Waals surface area contributed by atoms with Gasteiger partial charge in [-0.1, -0.05) is 0 Å². The maximum Gasteiger partial charge on any atom is 0.296 e. The monoisotopic (exact) mass is 319 g/mol. The number of aliphatic hydroxyl groups is 1. The largest absolute Gasteiger partial charge is 0.393 e. The van der Waals surface area contributed by atoms with E-state index in [1.54, 1.807) is 26.1 Å². The van der Waals surface area contributed by atoms with Crippen molar-refractivity contribution >= 4 is 33.5 Å². The predicted octanol–water partition coefficient (Wildman–Crippen LogP) is 0.560. The summed E-state index contributed by atoms with van der Waals surface area (Å²) in [5.41, 5.74) is 0. The molecule has 1 N–H and O–H groups in total. The summed E-state index contributed by atoms with van der Waals surface area (Å²) < 4.78 is 11.4. The van der Waals surface area contributed by atoms with E-state index in [1.807, 2.05) is 0 Å². The minimum Gasteiger partial charge on any atom is -0.393 e. The van der Waals surface area contributed by atoms with Gasteiger partial charge in [0.25, 0.3) is 5.24 Å². The van der Waals surface area contributed by atoms with Gasteiger partial charge in [0.05, 0.1) is 6.10 Å². The molecular formula is C7H14INO3S. The lowest BCUT2D eigenvalue weighted by molar-refractivity contribution is 0.0997. The summed E-state index contributed by atoms with van der Waals surface area (Å²) in [7, 11) is -2.67. The van der Waals surface area contributed by atoms with Crippen molar-refractivity contribution < 1.29 is 14.1 Å². The van der Waals surface area contributed by atoms with Crippen LogP contribution in [-0.2, 0) is 7.10 Å². The molecule has 0 aliphatic carbocycles. The first-order valence-corrected chi connectivity index (χ1v) is 9.10. The van der Waals surface area contributed by atoms with E-state index in [-0.39, 0.29) is 11.3 Å². The predicted molar refractivity (Wildman–Crippen MR) is 61.7 cm³/mol. The van der Waals surface area contributed by atoms with Gasteiger partial charge < -0.3 is 10.0 Å². The fourth-order valence-electron chi connectivity index (χ4n) is 1.31. The van der Waals surface area contributed by atoms with E-state index in [4.69, 9.17) is 0 Å². The molecule has 0 aromatic carbocycles. The molecule has 0 radical (unpaired) electrons. The zero-order valence-electron chi connectivity index (χ0n) is 7.44. The standard InChI is InChI=1S/C7H14INO3S/c1-13(8,12)7(11)9-4-2-6(10)3-5-9/h6,10,13H,2-5H2,1H3. The van der Waals surface area contributed by atoms with Crippen molar-refractivity contribution in [2.24, 2.45) is 0 Å². The number of carbonyl (C=O) groups excluding carboxylic acids is 1. The molecule has 1 fully saturated rings. The molecule has 78 valence electrons. The molecule has 1 aliphatic rings. The van der Waals surface area contributed by atoms with Crippen LogP contribution < -0.4 is 0 Å². The van der Waals surface area contributed by atoms with Crippen molar-refractivity contribution in [3.8, 4) is 0 Å². The Morgan fingerprint density at radius 2 is 2.00 bits per heavy atom.